The molecule has 2 fully saturated rings. The van der Waals surface area contributed by atoms with Gasteiger partial charge in [-0.15, -0.1) is 11.3 Å². The highest BCUT2D eigenvalue weighted by Crippen LogP contribution is 2.35. The highest BCUT2D eigenvalue weighted by Gasteiger charge is 2.36. The van der Waals surface area contributed by atoms with Crippen molar-refractivity contribution < 1.29 is 5.11 Å². The molecule has 2 aliphatic rings. The van der Waals surface area contributed by atoms with Crippen LogP contribution in [0.5, 0.6) is 0 Å². The first kappa shape index (κ1) is 16.1. The second-order valence-corrected chi connectivity index (χ2v) is 7.86. The third-order valence-corrected chi connectivity index (χ3v) is 6.18. The molecular weight excluding hydrogens is 320 g/mol. The number of likely N-dealkylation sites (tertiary alicyclic amines) is 1. The first-order valence-electron chi connectivity index (χ1n) is 8.93. The molecular formula is C18H24N4OS. The molecule has 5 nitrogen and oxygen atoms in total. The second kappa shape index (κ2) is 7.25. The predicted octanol–water partition coefficient (Wildman–Crippen LogP) is 3.12. The summed E-state index contributed by atoms with van der Waals surface area (Å²) in [4.78, 5) is 15.7. The molecule has 0 spiro atoms. The van der Waals surface area contributed by atoms with Crippen LogP contribution < -0.4 is 0 Å². The van der Waals surface area contributed by atoms with Gasteiger partial charge in [0, 0.05) is 36.9 Å². The monoisotopic (exact) mass is 344 g/mol. The van der Waals surface area contributed by atoms with E-state index in [1.54, 1.807) is 23.7 Å². The Morgan fingerprint density at radius 2 is 1.96 bits per heavy atom. The summed E-state index contributed by atoms with van der Waals surface area (Å²) in [5, 5.41) is 13.2. The van der Waals surface area contributed by atoms with E-state index in [1.165, 1.54) is 32.1 Å². The number of β-amino-alcohol motifs (C(OH)–C–C–N with tert-alkyl or cyclic N) is 1. The quantitative estimate of drug-likeness (QED) is 0.923. The lowest BCUT2D eigenvalue weighted by Crippen LogP contribution is -2.36. The fourth-order valence-electron chi connectivity index (χ4n) is 4.20. The second-order valence-electron chi connectivity index (χ2n) is 7.00. The maximum Gasteiger partial charge on any atom is 0.188 e. The van der Waals surface area contributed by atoms with E-state index in [9.17, 15) is 5.11 Å². The SMILES string of the molecule is O[C@@H]1C[C@@H](C2CCCCC2)N(Cc2csc(-c3ncccn3)n2)C1. The standard InChI is InChI=1S/C18H24N4OS/c23-15-9-16(13-5-2-1-3-6-13)22(11-15)10-14-12-24-18(21-14)17-19-7-4-8-20-17/h4,7-8,12-13,15-16,23H,1-3,5-6,9-11H2/t15-,16+/m1/s1. The first-order chi connectivity index (χ1) is 11.8. The third-order valence-electron chi connectivity index (χ3n) is 5.30. The Morgan fingerprint density at radius 3 is 2.75 bits per heavy atom. The Labute approximate surface area is 146 Å². The van der Waals surface area contributed by atoms with Gasteiger partial charge in [-0.1, -0.05) is 19.3 Å². The summed E-state index contributed by atoms with van der Waals surface area (Å²) >= 11 is 1.60. The molecule has 0 unspecified atom stereocenters. The number of nitrogens with zero attached hydrogens (tertiary/aromatic N) is 4. The number of aromatic nitrogens is 3. The van der Waals surface area contributed by atoms with E-state index >= 15 is 0 Å². The lowest BCUT2D eigenvalue weighted by atomic mass is 9.83. The summed E-state index contributed by atoms with van der Waals surface area (Å²) in [6, 6.07) is 2.33. The number of aliphatic hydroxyl groups is 1. The van der Waals surface area contributed by atoms with Gasteiger partial charge in [-0.2, -0.15) is 0 Å². The van der Waals surface area contributed by atoms with Crippen molar-refractivity contribution in [1.82, 2.24) is 19.9 Å². The zero-order valence-corrected chi connectivity index (χ0v) is 14.7. The average Bonchev–Trinajstić information content (AvgIpc) is 3.23. The molecule has 1 aliphatic carbocycles. The van der Waals surface area contributed by atoms with Gasteiger partial charge >= 0.3 is 0 Å². The zero-order valence-electron chi connectivity index (χ0n) is 13.8. The highest BCUT2D eigenvalue weighted by molar-refractivity contribution is 7.13. The fraction of sp³-hybridized carbons (Fsp3) is 0.611. The van der Waals surface area contributed by atoms with Crippen molar-refractivity contribution in [2.45, 2.75) is 57.2 Å². The number of aliphatic hydroxyl groups excluding tert-OH is 1. The van der Waals surface area contributed by atoms with E-state index in [0.29, 0.717) is 11.9 Å². The van der Waals surface area contributed by atoms with Crippen molar-refractivity contribution in [2.75, 3.05) is 6.54 Å². The van der Waals surface area contributed by atoms with Gasteiger partial charge in [0.1, 0.15) is 0 Å². The molecule has 0 bridgehead atoms. The van der Waals surface area contributed by atoms with Crippen molar-refractivity contribution in [3.05, 3.63) is 29.5 Å². The summed E-state index contributed by atoms with van der Waals surface area (Å²) in [5.41, 5.74) is 1.07. The molecule has 0 radical (unpaired) electrons. The van der Waals surface area contributed by atoms with E-state index < -0.39 is 0 Å². The molecule has 6 heteroatoms. The molecule has 2 aromatic heterocycles. The van der Waals surface area contributed by atoms with Crippen molar-refractivity contribution in [3.8, 4) is 10.8 Å². The average molecular weight is 344 g/mol. The topological polar surface area (TPSA) is 62.1 Å². The van der Waals surface area contributed by atoms with Gasteiger partial charge in [0.15, 0.2) is 10.8 Å². The summed E-state index contributed by atoms with van der Waals surface area (Å²) in [5.74, 6) is 1.44. The van der Waals surface area contributed by atoms with Crippen LogP contribution >= 0.6 is 11.3 Å². The molecule has 1 aliphatic heterocycles. The Morgan fingerprint density at radius 1 is 1.17 bits per heavy atom. The molecule has 3 heterocycles. The van der Waals surface area contributed by atoms with Crippen LogP contribution in [0, 0.1) is 5.92 Å². The normalized spacial score (nSPS) is 26.0. The molecule has 1 saturated carbocycles. The first-order valence-corrected chi connectivity index (χ1v) is 9.81. The lowest BCUT2D eigenvalue weighted by Gasteiger charge is -2.33. The molecule has 0 amide bonds. The minimum Gasteiger partial charge on any atom is -0.392 e. The third kappa shape index (κ3) is 3.50. The van der Waals surface area contributed by atoms with Crippen LogP contribution in [0.1, 0.15) is 44.2 Å². The van der Waals surface area contributed by atoms with Crippen LogP contribution in [0.25, 0.3) is 10.8 Å². The van der Waals surface area contributed by atoms with E-state index in [2.05, 4.69) is 20.2 Å². The maximum absolute atomic E-state index is 10.2. The van der Waals surface area contributed by atoms with Gasteiger partial charge in [-0.05, 0) is 31.2 Å². The van der Waals surface area contributed by atoms with E-state index in [-0.39, 0.29) is 6.10 Å². The highest BCUT2D eigenvalue weighted by atomic mass is 32.1. The molecule has 4 rings (SSSR count). The lowest BCUT2D eigenvalue weighted by molar-refractivity contribution is 0.146. The van der Waals surface area contributed by atoms with Crippen molar-refractivity contribution in [1.29, 1.82) is 0 Å². The largest absolute Gasteiger partial charge is 0.392 e. The molecule has 2 atom stereocenters. The van der Waals surface area contributed by atoms with Crippen molar-refractivity contribution >= 4 is 11.3 Å². The van der Waals surface area contributed by atoms with Gasteiger partial charge in [0.25, 0.3) is 0 Å². The molecule has 128 valence electrons. The van der Waals surface area contributed by atoms with Gasteiger partial charge in [-0.25, -0.2) is 15.0 Å². The van der Waals surface area contributed by atoms with Crippen LogP contribution in [-0.4, -0.2) is 43.6 Å². The van der Waals surface area contributed by atoms with Crippen LogP contribution in [0.4, 0.5) is 0 Å². The number of hydrogen-bond acceptors (Lipinski definition) is 6. The van der Waals surface area contributed by atoms with E-state index in [1.807, 2.05) is 6.07 Å². The number of rotatable bonds is 4. The Kier molecular flexibility index (Phi) is 4.87. The van der Waals surface area contributed by atoms with Crippen LogP contribution in [0.15, 0.2) is 23.8 Å². The van der Waals surface area contributed by atoms with Crippen molar-refractivity contribution in [3.63, 3.8) is 0 Å². The zero-order chi connectivity index (χ0) is 16.4. The molecule has 0 aromatic carbocycles. The smallest absolute Gasteiger partial charge is 0.188 e. The van der Waals surface area contributed by atoms with E-state index in [0.717, 1.165) is 36.1 Å². The Balaban J connectivity index is 1.46. The van der Waals surface area contributed by atoms with Gasteiger partial charge in [-0.3, -0.25) is 4.90 Å². The Hall–Kier alpha value is -1.37. The number of thiazole rings is 1. The summed E-state index contributed by atoms with van der Waals surface area (Å²) < 4.78 is 0. The summed E-state index contributed by atoms with van der Waals surface area (Å²) in [6.07, 6.45) is 10.9. The maximum atomic E-state index is 10.2. The Bertz CT molecular complexity index is 656. The molecule has 1 saturated heterocycles. The minimum atomic E-state index is -0.188. The van der Waals surface area contributed by atoms with Crippen LogP contribution in [-0.2, 0) is 6.54 Å². The van der Waals surface area contributed by atoms with E-state index in [4.69, 9.17) is 4.98 Å². The minimum absolute atomic E-state index is 0.188. The van der Waals surface area contributed by atoms with Gasteiger partial charge < -0.3 is 5.11 Å². The summed E-state index contributed by atoms with van der Waals surface area (Å²) in [7, 11) is 0. The molecule has 24 heavy (non-hydrogen) atoms. The summed E-state index contributed by atoms with van der Waals surface area (Å²) in [6.45, 7) is 1.59. The predicted molar refractivity (Wildman–Crippen MR) is 94.5 cm³/mol. The fourth-order valence-corrected chi connectivity index (χ4v) is 4.96. The number of hydrogen-bond donors (Lipinski definition) is 1. The van der Waals surface area contributed by atoms with Gasteiger partial charge in [0.05, 0.1) is 11.8 Å². The van der Waals surface area contributed by atoms with Crippen LogP contribution in [0.3, 0.4) is 0 Å². The molecule has 1 N–H and O–H groups in total. The van der Waals surface area contributed by atoms with Crippen molar-refractivity contribution in [2.24, 2.45) is 5.92 Å². The van der Waals surface area contributed by atoms with Gasteiger partial charge in [0.2, 0.25) is 0 Å². The van der Waals surface area contributed by atoms with Crippen LogP contribution in [0.2, 0.25) is 0 Å². The molecule has 2 aromatic rings.